The van der Waals surface area contributed by atoms with E-state index in [1.807, 2.05) is 12.1 Å². The Bertz CT molecular complexity index is 400. The third kappa shape index (κ3) is 2.02. The van der Waals surface area contributed by atoms with Gasteiger partial charge in [0.05, 0.1) is 12.5 Å². The van der Waals surface area contributed by atoms with Gasteiger partial charge < -0.3 is 14.9 Å². The molecule has 4 heteroatoms. The van der Waals surface area contributed by atoms with Gasteiger partial charge in [-0.05, 0) is 23.6 Å². The molecule has 86 valence electrons. The molecular formula is C12H14O4. The Morgan fingerprint density at radius 2 is 2.31 bits per heavy atom. The molecule has 0 saturated heterocycles. The first kappa shape index (κ1) is 11.0. The van der Waals surface area contributed by atoms with Crippen LogP contribution in [-0.4, -0.2) is 29.4 Å². The Balaban J connectivity index is 2.28. The third-order valence-electron chi connectivity index (χ3n) is 2.83. The fourth-order valence-corrected chi connectivity index (χ4v) is 1.99. The van der Waals surface area contributed by atoms with Gasteiger partial charge in [-0.25, -0.2) is 0 Å². The van der Waals surface area contributed by atoms with Gasteiger partial charge in [-0.3, -0.25) is 4.79 Å². The summed E-state index contributed by atoms with van der Waals surface area (Å²) in [7, 11) is 0. The number of carboxylic acids is 1. The first-order valence-corrected chi connectivity index (χ1v) is 5.31. The summed E-state index contributed by atoms with van der Waals surface area (Å²) in [5.41, 5.74) is 1.80. The van der Waals surface area contributed by atoms with Crippen molar-refractivity contribution in [2.24, 2.45) is 0 Å². The largest absolute Gasteiger partial charge is 0.493 e. The van der Waals surface area contributed by atoms with Crippen LogP contribution in [0.4, 0.5) is 0 Å². The van der Waals surface area contributed by atoms with Gasteiger partial charge >= 0.3 is 5.97 Å². The third-order valence-corrected chi connectivity index (χ3v) is 2.83. The van der Waals surface area contributed by atoms with Gasteiger partial charge in [0.15, 0.2) is 0 Å². The second-order valence-corrected chi connectivity index (χ2v) is 3.87. The number of hydrogen-bond donors (Lipinski definition) is 2. The lowest BCUT2D eigenvalue weighted by molar-refractivity contribution is -0.139. The molecule has 0 spiro atoms. The second-order valence-electron chi connectivity index (χ2n) is 3.87. The molecule has 1 aliphatic heterocycles. The highest BCUT2D eigenvalue weighted by Gasteiger charge is 2.21. The average molecular weight is 222 g/mol. The van der Waals surface area contributed by atoms with E-state index in [2.05, 4.69) is 0 Å². The predicted octanol–water partition coefficient (Wildman–Crippen LogP) is 1.17. The molecule has 0 aliphatic carbocycles. The van der Waals surface area contributed by atoms with E-state index in [-0.39, 0.29) is 13.0 Å². The molecule has 2 rings (SSSR count). The van der Waals surface area contributed by atoms with E-state index in [1.165, 1.54) is 0 Å². The zero-order valence-electron chi connectivity index (χ0n) is 8.85. The maximum atomic E-state index is 11.0. The highest BCUT2D eigenvalue weighted by atomic mass is 16.5. The maximum Gasteiger partial charge on any atom is 0.311 e. The quantitative estimate of drug-likeness (QED) is 0.802. The number of aliphatic hydroxyl groups excluding tert-OH is 1. The summed E-state index contributed by atoms with van der Waals surface area (Å²) in [6.07, 6.45) is 1.07. The van der Waals surface area contributed by atoms with Gasteiger partial charge in [0.1, 0.15) is 5.75 Å². The number of rotatable bonds is 4. The SMILES string of the molecule is O=C(O)C(CCO)c1ccc2c(c1)CCO2. The fourth-order valence-electron chi connectivity index (χ4n) is 1.99. The van der Waals surface area contributed by atoms with Crippen LogP contribution in [0.25, 0.3) is 0 Å². The van der Waals surface area contributed by atoms with Crippen molar-refractivity contribution in [3.63, 3.8) is 0 Å². The molecule has 1 atom stereocenters. The van der Waals surface area contributed by atoms with Crippen LogP contribution in [0.15, 0.2) is 18.2 Å². The molecule has 1 aliphatic rings. The van der Waals surface area contributed by atoms with E-state index in [9.17, 15) is 4.79 Å². The minimum atomic E-state index is -0.895. The molecule has 0 saturated carbocycles. The fraction of sp³-hybridized carbons (Fsp3) is 0.417. The first-order chi connectivity index (χ1) is 7.72. The van der Waals surface area contributed by atoms with E-state index < -0.39 is 11.9 Å². The monoisotopic (exact) mass is 222 g/mol. The minimum absolute atomic E-state index is 0.120. The lowest BCUT2D eigenvalue weighted by Crippen LogP contribution is -2.13. The molecule has 1 aromatic rings. The van der Waals surface area contributed by atoms with Crippen LogP contribution in [0.1, 0.15) is 23.5 Å². The zero-order chi connectivity index (χ0) is 11.5. The summed E-state index contributed by atoms with van der Waals surface area (Å²) in [4.78, 5) is 11.0. The predicted molar refractivity (Wildman–Crippen MR) is 57.7 cm³/mol. The minimum Gasteiger partial charge on any atom is -0.493 e. The first-order valence-electron chi connectivity index (χ1n) is 5.31. The van der Waals surface area contributed by atoms with Crippen molar-refractivity contribution in [3.05, 3.63) is 29.3 Å². The summed E-state index contributed by atoms with van der Waals surface area (Å²) in [6.45, 7) is 0.543. The molecule has 1 unspecified atom stereocenters. The van der Waals surface area contributed by atoms with Gasteiger partial charge in [0.25, 0.3) is 0 Å². The van der Waals surface area contributed by atoms with Gasteiger partial charge in [-0.15, -0.1) is 0 Å². The van der Waals surface area contributed by atoms with Gasteiger partial charge in [0, 0.05) is 13.0 Å². The molecular weight excluding hydrogens is 208 g/mol. The number of fused-ring (bicyclic) bond motifs is 1. The number of ether oxygens (including phenoxy) is 1. The van der Waals surface area contributed by atoms with Crippen molar-refractivity contribution < 1.29 is 19.7 Å². The van der Waals surface area contributed by atoms with Gasteiger partial charge in [0.2, 0.25) is 0 Å². The van der Waals surface area contributed by atoms with Crippen molar-refractivity contribution in [1.82, 2.24) is 0 Å². The molecule has 0 bridgehead atoms. The molecule has 1 aromatic carbocycles. The lowest BCUT2D eigenvalue weighted by Gasteiger charge is -2.12. The maximum absolute atomic E-state index is 11.0. The van der Waals surface area contributed by atoms with Crippen molar-refractivity contribution in [2.45, 2.75) is 18.8 Å². The van der Waals surface area contributed by atoms with Gasteiger partial charge in [-0.2, -0.15) is 0 Å². The Hall–Kier alpha value is -1.55. The molecule has 0 aromatic heterocycles. The van der Waals surface area contributed by atoms with Crippen LogP contribution >= 0.6 is 0 Å². The summed E-state index contributed by atoms with van der Waals surface area (Å²) >= 11 is 0. The number of benzene rings is 1. The molecule has 16 heavy (non-hydrogen) atoms. The molecule has 1 heterocycles. The van der Waals surface area contributed by atoms with Crippen LogP contribution in [0.3, 0.4) is 0 Å². The standard InChI is InChI=1S/C12H14O4/c13-5-3-10(12(14)15)8-1-2-11-9(7-8)4-6-16-11/h1-2,7,10,13H,3-6H2,(H,14,15). The average Bonchev–Trinajstić information content (AvgIpc) is 2.72. The molecule has 0 radical (unpaired) electrons. The van der Waals surface area contributed by atoms with Crippen molar-refractivity contribution in [1.29, 1.82) is 0 Å². The summed E-state index contributed by atoms with van der Waals surface area (Å²) in [5.74, 6) is -0.680. The molecule has 0 amide bonds. The van der Waals surface area contributed by atoms with E-state index >= 15 is 0 Å². The normalized spacial score (nSPS) is 15.3. The Kier molecular flexibility index (Phi) is 3.10. The second kappa shape index (κ2) is 4.53. The van der Waals surface area contributed by atoms with Crippen LogP contribution in [-0.2, 0) is 11.2 Å². The van der Waals surface area contributed by atoms with Crippen LogP contribution in [0.2, 0.25) is 0 Å². The summed E-state index contributed by atoms with van der Waals surface area (Å²) in [5, 5.41) is 17.9. The number of aliphatic carboxylic acids is 1. The van der Waals surface area contributed by atoms with Crippen LogP contribution < -0.4 is 4.74 Å². The molecule has 4 nitrogen and oxygen atoms in total. The Morgan fingerprint density at radius 3 is 3.00 bits per heavy atom. The van der Waals surface area contributed by atoms with Crippen molar-refractivity contribution in [2.75, 3.05) is 13.2 Å². The van der Waals surface area contributed by atoms with E-state index in [0.717, 1.165) is 23.3 Å². The summed E-state index contributed by atoms with van der Waals surface area (Å²) in [6, 6.07) is 5.44. The number of carboxylic acid groups (broad SMARTS) is 1. The number of aliphatic hydroxyl groups is 1. The van der Waals surface area contributed by atoms with Crippen LogP contribution in [0, 0.1) is 0 Å². The summed E-state index contributed by atoms with van der Waals surface area (Å²) < 4.78 is 5.36. The van der Waals surface area contributed by atoms with Crippen molar-refractivity contribution >= 4 is 5.97 Å². The van der Waals surface area contributed by atoms with Gasteiger partial charge in [-0.1, -0.05) is 12.1 Å². The highest BCUT2D eigenvalue weighted by Crippen LogP contribution is 2.30. The Labute approximate surface area is 93.5 Å². The van der Waals surface area contributed by atoms with Crippen LogP contribution in [0.5, 0.6) is 5.75 Å². The number of carbonyl (C=O) groups is 1. The van der Waals surface area contributed by atoms with Crippen molar-refractivity contribution in [3.8, 4) is 5.75 Å². The Morgan fingerprint density at radius 1 is 1.50 bits per heavy atom. The molecule has 0 fully saturated rings. The van der Waals surface area contributed by atoms with E-state index in [1.54, 1.807) is 6.07 Å². The van der Waals surface area contributed by atoms with E-state index in [4.69, 9.17) is 14.9 Å². The highest BCUT2D eigenvalue weighted by molar-refractivity contribution is 5.76. The lowest BCUT2D eigenvalue weighted by atomic mass is 9.94. The van der Waals surface area contributed by atoms with E-state index in [0.29, 0.717) is 6.61 Å². The molecule has 2 N–H and O–H groups in total. The number of hydrogen-bond acceptors (Lipinski definition) is 3. The topological polar surface area (TPSA) is 66.8 Å². The zero-order valence-corrected chi connectivity index (χ0v) is 8.85. The smallest absolute Gasteiger partial charge is 0.311 e.